The second-order valence-electron chi connectivity index (χ2n) is 10.3. The third-order valence-electron chi connectivity index (χ3n) is 6.28. The van der Waals surface area contributed by atoms with Gasteiger partial charge in [0.1, 0.15) is 11.4 Å². The summed E-state index contributed by atoms with van der Waals surface area (Å²) in [7, 11) is 2.39. The molecule has 0 bridgehead atoms. The van der Waals surface area contributed by atoms with Gasteiger partial charge in [-0.05, 0) is 56.7 Å². The van der Waals surface area contributed by atoms with E-state index in [4.69, 9.17) is 4.74 Å². The van der Waals surface area contributed by atoms with Gasteiger partial charge in [0.05, 0.1) is 17.2 Å². The predicted octanol–water partition coefficient (Wildman–Crippen LogP) is 6.75. The number of amides is 3. The molecule has 0 spiro atoms. The minimum atomic E-state index is -5.08. The number of hydrogen-bond acceptors (Lipinski definition) is 3. The molecule has 2 aromatic rings. The standard InChI is InChI=1S/C26H28F7N3O3/c1-24(2,3)39-23(38)36-13-20(15-6-8-18(27)9-7-15)21(14-36)35(5)22(37)34(4)19-11-16(25(28,29)30)10-17(12-19)26(31,32)33/h6-12,20-21H,13-14H2,1-5H3/t20-,21+/m0/s1. The van der Waals surface area contributed by atoms with Gasteiger partial charge in [-0.15, -0.1) is 0 Å². The number of carbonyl (C=O) groups excluding carboxylic acids is 2. The SMILES string of the molecule is CN(C(=O)N(C)[C@@H]1CN(C(=O)OC(C)(C)C)C[C@H]1c1ccc(F)cc1)c1cc(C(F)(F)F)cc(C(F)(F)F)c1. The van der Waals surface area contributed by atoms with Crippen LogP contribution in [0.25, 0.3) is 0 Å². The molecule has 2 aromatic carbocycles. The first-order valence-corrected chi connectivity index (χ1v) is 11.8. The molecular formula is C26H28F7N3O3. The number of benzene rings is 2. The fraction of sp³-hybridized carbons (Fsp3) is 0.462. The summed E-state index contributed by atoms with van der Waals surface area (Å²) in [6, 6.07) is 4.60. The van der Waals surface area contributed by atoms with E-state index in [1.54, 1.807) is 20.8 Å². The van der Waals surface area contributed by atoms with Gasteiger partial charge in [0, 0.05) is 38.8 Å². The first kappa shape index (κ1) is 30.0. The average molecular weight is 564 g/mol. The summed E-state index contributed by atoms with van der Waals surface area (Å²) in [4.78, 5) is 29.3. The molecule has 1 saturated heterocycles. The molecule has 2 atom stereocenters. The van der Waals surface area contributed by atoms with Crippen molar-refractivity contribution < 1.29 is 45.1 Å². The molecule has 0 N–H and O–H groups in total. The molecule has 39 heavy (non-hydrogen) atoms. The fourth-order valence-corrected chi connectivity index (χ4v) is 4.31. The Morgan fingerprint density at radius 3 is 1.85 bits per heavy atom. The number of likely N-dealkylation sites (N-methyl/N-ethyl adjacent to an activating group) is 1. The maximum absolute atomic E-state index is 13.6. The summed E-state index contributed by atoms with van der Waals surface area (Å²) in [6.07, 6.45) is -10.8. The lowest BCUT2D eigenvalue weighted by molar-refractivity contribution is -0.143. The molecule has 1 aliphatic rings. The number of rotatable bonds is 3. The van der Waals surface area contributed by atoms with Crippen molar-refractivity contribution >= 4 is 17.8 Å². The lowest BCUT2D eigenvalue weighted by Crippen LogP contribution is -2.48. The second-order valence-corrected chi connectivity index (χ2v) is 10.3. The molecule has 0 unspecified atom stereocenters. The molecule has 0 saturated carbocycles. The number of nitrogens with zero attached hydrogens (tertiary/aromatic N) is 3. The van der Waals surface area contributed by atoms with Gasteiger partial charge in [0.2, 0.25) is 0 Å². The zero-order valence-corrected chi connectivity index (χ0v) is 21.8. The lowest BCUT2D eigenvalue weighted by atomic mass is 9.93. The van der Waals surface area contributed by atoms with E-state index in [0.29, 0.717) is 22.6 Å². The van der Waals surface area contributed by atoms with E-state index in [9.17, 15) is 40.3 Å². The summed E-state index contributed by atoms with van der Waals surface area (Å²) < 4.78 is 99.1. The Hall–Kier alpha value is -3.51. The fourth-order valence-electron chi connectivity index (χ4n) is 4.31. The van der Waals surface area contributed by atoms with Crippen molar-refractivity contribution in [3.63, 3.8) is 0 Å². The topological polar surface area (TPSA) is 53.1 Å². The number of halogens is 7. The van der Waals surface area contributed by atoms with Crippen LogP contribution in [0.2, 0.25) is 0 Å². The van der Waals surface area contributed by atoms with Gasteiger partial charge >= 0.3 is 24.5 Å². The van der Waals surface area contributed by atoms with Gasteiger partial charge in [-0.1, -0.05) is 12.1 Å². The van der Waals surface area contributed by atoms with Gasteiger partial charge in [0.15, 0.2) is 0 Å². The second kappa shape index (κ2) is 10.6. The number of anilines is 1. The first-order valence-electron chi connectivity index (χ1n) is 11.8. The van der Waals surface area contributed by atoms with Crippen molar-refractivity contribution in [1.29, 1.82) is 0 Å². The zero-order valence-electron chi connectivity index (χ0n) is 21.8. The van der Waals surface area contributed by atoms with E-state index >= 15 is 0 Å². The highest BCUT2D eigenvalue weighted by atomic mass is 19.4. The summed E-state index contributed by atoms with van der Waals surface area (Å²) in [5.74, 6) is -1.06. The smallest absolute Gasteiger partial charge is 0.416 e. The summed E-state index contributed by atoms with van der Waals surface area (Å²) >= 11 is 0. The number of ether oxygens (including phenoxy) is 1. The molecular weight excluding hydrogens is 535 g/mol. The summed E-state index contributed by atoms with van der Waals surface area (Å²) in [5.41, 5.74) is -3.98. The van der Waals surface area contributed by atoms with Gasteiger partial charge in [0.25, 0.3) is 0 Å². The van der Waals surface area contributed by atoms with Crippen LogP contribution in [0.1, 0.15) is 43.4 Å². The van der Waals surface area contributed by atoms with Crippen molar-refractivity contribution in [2.75, 3.05) is 32.1 Å². The van der Waals surface area contributed by atoms with Crippen LogP contribution in [-0.2, 0) is 17.1 Å². The molecule has 1 heterocycles. The number of likely N-dealkylation sites (tertiary alicyclic amines) is 1. The molecule has 1 fully saturated rings. The Morgan fingerprint density at radius 1 is 0.872 bits per heavy atom. The molecule has 0 radical (unpaired) electrons. The molecule has 3 rings (SSSR count). The van der Waals surface area contributed by atoms with E-state index in [-0.39, 0.29) is 19.2 Å². The molecule has 214 valence electrons. The highest BCUT2D eigenvalue weighted by molar-refractivity contribution is 5.92. The normalized spacial score (nSPS) is 18.2. The predicted molar refractivity (Wildman–Crippen MR) is 129 cm³/mol. The van der Waals surface area contributed by atoms with Crippen LogP contribution >= 0.6 is 0 Å². The van der Waals surface area contributed by atoms with E-state index in [2.05, 4.69) is 0 Å². The van der Waals surface area contributed by atoms with Crippen LogP contribution in [-0.4, -0.2) is 60.8 Å². The van der Waals surface area contributed by atoms with Crippen LogP contribution < -0.4 is 4.90 Å². The van der Waals surface area contributed by atoms with Crippen LogP contribution in [0.3, 0.4) is 0 Å². The zero-order chi connectivity index (χ0) is 29.5. The number of carbonyl (C=O) groups is 2. The number of urea groups is 1. The van der Waals surface area contributed by atoms with Crippen LogP contribution in [0.5, 0.6) is 0 Å². The Labute approximate surface area is 220 Å². The number of alkyl halides is 6. The molecule has 0 aromatic heterocycles. The van der Waals surface area contributed by atoms with E-state index in [1.807, 2.05) is 0 Å². The summed E-state index contributed by atoms with van der Waals surface area (Å²) in [6.45, 7) is 5.05. The van der Waals surface area contributed by atoms with Crippen molar-refractivity contribution in [2.24, 2.45) is 0 Å². The monoisotopic (exact) mass is 563 g/mol. The maximum Gasteiger partial charge on any atom is 0.416 e. The minimum absolute atomic E-state index is 0.0220. The molecule has 13 heteroatoms. The van der Waals surface area contributed by atoms with Crippen molar-refractivity contribution in [1.82, 2.24) is 9.80 Å². The Kier molecular flexibility index (Phi) is 8.14. The van der Waals surface area contributed by atoms with Gasteiger partial charge in [-0.3, -0.25) is 4.90 Å². The van der Waals surface area contributed by atoms with E-state index < -0.39 is 64.7 Å². The van der Waals surface area contributed by atoms with Crippen molar-refractivity contribution in [3.8, 4) is 0 Å². The van der Waals surface area contributed by atoms with Gasteiger partial charge in [-0.25, -0.2) is 14.0 Å². The Balaban J connectivity index is 1.95. The third kappa shape index (κ3) is 7.12. The van der Waals surface area contributed by atoms with Gasteiger partial charge < -0.3 is 14.5 Å². The van der Waals surface area contributed by atoms with Crippen LogP contribution in [0.15, 0.2) is 42.5 Å². The average Bonchev–Trinajstić information content (AvgIpc) is 3.26. The highest BCUT2D eigenvalue weighted by Gasteiger charge is 2.43. The maximum atomic E-state index is 13.6. The van der Waals surface area contributed by atoms with E-state index in [1.165, 1.54) is 36.2 Å². The first-order chi connectivity index (χ1) is 17.8. The van der Waals surface area contributed by atoms with Crippen LogP contribution in [0, 0.1) is 5.82 Å². The van der Waals surface area contributed by atoms with Crippen molar-refractivity contribution in [2.45, 2.75) is 50.7 Å². The minimum Gasteiger partial charge on any atom is -0.444 e. The van der Waals surface area contributed by atoms with Crippen molar-refractivity contribution in [3.05, 3.63) is 65.0 Å². The van der Waals surface area contributed by atoms with E-state index in [0.717, 1.165) is 11.9 Å². The Morgan fingerprint density at radius 2 is 1.38 bits per heavy atom. The molecule has 0 aliphatic carbocycles. The van der Waals surface area contributed by atoms with Crippen LogP contribution in [0.4, 0.5) is 46.0 Å². The third-order valence-corrected chi connectivity index (χ3v) is 6.28. The number of hydrogen-bond donors (Lipinski definition) is 0. The Bertz CT molecular complexity index is 1170. The molecule has 3 amide bonds. The molecule has 1 aliphatic heterocycles. The summed E-state index contributed by atoms with van der Waals surface area (Å²) in [5, 5.41) is 0. The highest BCUT2D eigenvalue weighted by Crippen LogP contribution is 2.39. The lowest BCUT2D eigenvalue weighted by Gasteiger charge is -2.33. The largest absolute Gasteiger partial charge is 0.444 e. The molecule has 6 nitrogen and oxygen atoms in total. The van der Waals surface area contributed by atoms with Gasteiger partial charge in [-0.2, -0.15) is 26.3 Å². The quantitative estimate of drug-likeness (QED) is 0.388.